The van der Waals surface area contributed by atoms with Gasteiger partial charge in [-0.05, 0) is 39.2 Å². The monoisotopic (exact) mass is 272 g/mol. The van der Waals surface area contributed by atoms with E-state index < -0.39 is 0 Å². The van der Waals surface area contributed by atoms with Crippen LogP contribution in [0, 0.1) is 13.8 Å². The van der Waals surface area contributed by atoms with Crippen molar-refractivity contribution in [1.29, 1.82) is 0 Å². The van der Waals surface area contributed by atoms with Gasteiger partial charge in [-0.25, -0.2) is 4.98 Å². The van der Waals surface area contributed by atoms with Gasteiger partial charge >= 0.3 is 0 Å². The molecule has 0 unspecified atom stereocenters. The summed E-state index contributed by atoms with van der Waals surface area (Å²) in [5.41, 5.74) is 3.28. The van der Waals surface area contributed by atoms with Gasteiger partial charge in [-0.15, -0.1) is 0 Å². The molecule has 2 aromatic heterocycles. The number of pyridine rings is 1. The van der Waals surface area contributed by atoms with Crippen LogP contribution in [0.5, 0.6) is 0 Å². The van der Waals surface area contributed by atoms with E-state index in [1.54, 1.807) is 4.68 Å². The van der Waals surface area contributed by atoms with Gasteiger partial charge in [-0.3, -0.25) is 9.48 Å². The van der Waals surface area contributed by atoms with Crippen molar-refractivity contribution >= 4 is 16.9 Å². The molecule has 1 aliphatic rings. The fourth-order valence-electron chi connectivity index (χ4n) is 3.01. The van der Waals surface area contributed by atoms with Gasteiger partial charge in [-0.1, -0.05) is 0 Å². The maximum absolute atomic E-state index is 12.8. The number of rotatable bonds is 1. The van der Waals surface area contributed by atoms with E-state index in [-0.39, 0.29) is 5.91 Å². The Hall–Kier alpha value is -1.91. The van der Waals surface area contributed by atoms with E-state index in [0.717, 1.165) is 53.9 Å². The van der Waals surface area contributed by atoms with Gasteiger partial charge in [0.2, 0.25) is 0 Å². The molecular weight excluding hydrogens is 252 g/mol. The highest BCUT2D eigenvalue weighted by Crippen LogP contribution is 2.24. The minimum absolute atomic E-state index is 0.122. The van der Waals surface area contributed by atoms with E-state index in [4.69, 9.17) is 0 Å². The molecule has 0 atom stereocenters. The minimum Gasteiger partial charge on any atom is -0.339 e. The Morgan fingerprint density at radius 3 is 2.60 bits per heavy atom. The zero-order valence-corrected chi connectivity index (χ0v) is 12.3. The second-order valence-electron chi connectivity index (χ2n) is 5.57. The maximum Gasteiger partial charge on any atom is 0.254 e. The molecule has 0 N–H and O–H groups in total. The topological polar surface area (TPSA) is 51.0 Å². The van der Waals surface area contributed by atoms with Crippen molar-refractivity contribution in [3.8, 4) is 0 Å². The number of amides is 1. The van der Waals surface area contributed by atoms with Crippen LogP contribution >= 0.6 is 0 Å². The molecule has 0 spiro atoms. The van der Waals surface area contributed by atoms with Gasteiger partial charge < -0.3 is 4.90 Å². The Morgan fingerprint density at radius 1 is 1.20 bits per heavy atom. The zero-order valence-electron chi connectivity index (χ0n) is 12.3. The van der Waals surface area contributed by atoms with Crippen LogP contribution < -0.4 is 0 Å². The second kappa shape index (κ2) is 4.89. The summed E-state index contributed by atoms with van der Waals surface area (Å²) < 4.78 is 1.75. The summed E-state index contributed by atoms with van der Waals surface area (Å²) in [5.74, 6) is 0.122. The molecule has 3 rings (SSSR count). The molecule has 0 aliphatic carbocycles. The number of aryl methyl sites for hydroxylation is 3. The van der Waals surface area contributed by atoms with E-state index in [9.17, 15) is 4.79 Å². The molecular formula is C15H20N4O. The largest absolute Gasteiger partial charge is 0.339 e. The van der Waals surface area contributed by atoms with Crippen molar-refractivity contribution in [2.75, 3.05) is 13.1 Å². The fraction of sp³-hybridized carbons (Fsp3) is 0.533. The van der Waals surface area contributed by atoms with Crippen molar-refractivity contribution in [3.63, 3.8) is 0 Å². The van der Waals surface area contributed by atoms with Gasteiger partial charge in [-0.2, -0.15) is 5.10 Å². The molecule has 0 aromatic carbocycles. The Bertz CT molecular complexity index is 668. The molecule has 2 aromatic rings. The van der Waals surface area contributed by atoms with Gasteiger partial charge in [0.25, 0.3) is 5.91 Å². The molecule has 5 heteroatoms. The van der Waals surface area contributed by atoms with E-state index in [2.05, 4.69) is 10.1 Å². The molecule has 20 heavy (non-hydrogen) atoms. The Balaban J connectivity index is 2.12. The quantitative estimate of drug-likeness (QED) is 0.799. The molecule has 1 fully saturated rings. The van der Waals surface area contributed by atoms with Gasteiger partial charge in [0.15, 0.2) is 5.65 Å². The van der Waals surface area contributed by atoms with Crippen LogP contribution in [0.25, 0.3) is 11.0 Å². The average Bonchev–Trinajstić information content (AvgIpc) is 2.73. The number of hydrogen-bond donors (Lipinski definition) is 0. The van der Waals surface area contributed by atoms with E-state index in [0.29, 0.717) is 0 Å². The smallest absolute Gasteiger partial charge is 0.254 e. The normalized spacial score (nSPS) is 15.8. The lowest BCUT2D eigenvalue weighted by Crippen LogP contribution is -2.35. The molecule has 1 amide bonds. The zero-order chi connectivity index (χ0) is 14.3. The van der Waals surface area contributed by atoms with Gasteiger partial charge in [0.05, 0.1) is 16.6 Å². The summed E-state index contributed by atoms with van der Waals surface area (Å²) in [5, 5.41) is 5.30. The fourth-order valence-corrected chi connectivity index (χ4v) is 3.01. The first-order chi connectivity index (χ1) is 9.58. The molecule has 5 nitrogen and oxygen atoms in total. The lowest BCUT2D eigenvalue weighted by atomic mass is 10.1. The van der Waals surface area contributed by atoms with Crippen LogP contribution in [0.2, 0.25) is 0 Å². The van der Waals surface area contributed by atoms with Crippen molar-refractivity contribution in [2.45, 2.75) is 33.1 Å². The van der Waals surface area contributed by atoms with Gasteiger partial charge in [0.1, 0.15) is 0 Å². The van der Waals surface area contributed by atoms with Crippen molar-refractivity contribution in [1.82, 2.24) is 19.7 Å². The number of fused-ring (bicyclic) bond motifs is 1. The van der Waals surface area contributed by atoms with Crippen molar-refractivity contribution in [3.05, 3.63) is 23.0 Å². The van der Waals surface area contributed by atoms with Gasteiger partial charge in [0, 0.05) is 25.8 Å². The lowest BCUT2D eigenvalue weighted by molar-refractivity contribution is 0.0726. The first-order valence-electron chi connectivity index (χ1n) is 7.18. The summed E-state index contributed by atoms with van der Waals surface area (Å²) in [6.07, 6.45) is 3.43. The predicted molar refractivity (Wildman–Crippen MR) is 77.7 cm³/mol. The molecule has 3 heterocycles. The molecule has 1 saturated heterocycles. The lowest BCUT2D eigenvalue weighted by Gasteiger charge is -2.27. The highest BCUT2D eigenvalue weighted by Gasteiger charge is 2.23. The first-order valence-corrected chi connectivity index (χ1v) is 7.18. The Morgan fingerprint density at radius 2 is 1.90 bits per heavy atom. The van der Waals surface area contributed by atoms with Crippen LogP contribution in [0.3, 0.4) is 0 Å². The summed E-state index contributed by atoms with van der Waals surface area (Å²) >= 11 is 0. The molecule has 1 aliphatic heterocycles. The second-order valence-corrected chi connectivity index (χ2v) is 5.57. The third kappa shape index (κ3) is 2.07. The summed E-state index contributed by atoms with van der Waals surface area (Å²) in [6.45, 7) is 5.59. The number of hydrogen-bond acceptors (Lipinski definition) is 3. The van der Waals surface area contributed by atoms with E-state index >= 15 is 0 Å². The number of likely N-dealkylation sites (tertiary alicyclic amines) is 1. The van der Waals surface area contributed by atoms with Crippen LogP contribution in [0.15, 0.2) is 6.07 Å². The molecule has 0 saturated carbocycles. The maximum atomic E-state index is 12.8. The summed E-state index contributed by atoms with van der Waals surface area (Å²) in [4.78, 5) is 19.3. The van der Waals surface area contributed by atoms with Crippen molar-refractivity contribution in [2.24, 2.45) is 7.05 Å². The average molecular weight is 272 g/mol. The third-order valence-electron chi connectivity index (χ3n) is 3.97. The van der Waals surface area contributed by atoms with Crippen LogP contribution in [0.1, 0.15) is 41.0 Å². The number of piperidine rings is 1. The summed E-state index contributed by atoms with van der Waals surface area (Å²) in [6, 6.07) is 1.90. The number of carbonyl (C=O) groups excluding carboxylic acids is 1. The van der Waals surface area contributed by atoms with Crippen molar-refractivity contribution < 1.29 is 4.79 Å². The van der Waals surface area contributed by atoms with Crippen LogP contribution in [-0.4, -0.2) is 38.7 Å². The summed E-state index contributed by atoms with van der Waals surface area (Å²) in [7, 11) is 1.87. The molecule has 0 radical (unpaired) electrons. The standard InChI is InChI=1S/C15H20N4O/c1-10-9-12(15(20)19-7-5-4-6-8-19)13-11(2)17-18(3)14(13)16-10/h9H,4-8H2,1-3H3. The first kappa shape index (κ1) is 13.1. The Kier molecular flexibility index (Phi) is 3.20. The van der Waals surface area contributed by atoms with Crippen LogP contribution in [-0.2, 0) is 7.05 Å². The number of carbonyl (C=O) groups is 1. The van der Waals surface area contributed by atoms with E-state index in [1.807, 2.05) is 31.9 Å². The van der Waals surface area contributed by atoms with E-state index in [1.165, 1.54) is 6.42 Å². The molecule has 106 valence electrons. The predicted octanol–water partition coefficient (Wildman–Crippen LogP) is 2.21. The highest BCUT2D eigenvalue weighted by molar-refractivity contribution is 6.06. The Labute approximate surface area is 118 Å². The van der Waals surface area contributed by atoms with Crippen LogP contribution in [0.4, 0.5) is 0 Å². The highest BCUT2D eigenvalue weighted by atomic mass is 16.2. The molecule has 0 bridgehead atoms. The number of aromatic nitrogens is 3. The SMILES string of the molecule is Cc1cc(C(=O)N2CCCCC2)c2c(C)nn(C)c2n1. The minimum atomic E-state index is 0.122. The number of nitrogens with zero attached hydrogens (tertiary/aromatic N) is 4. The third-order valence-corrected chi connectivity index (χ3v) is 3.97.